The molecule has 5 heterocycles. The van der Waals surface area contributed by atoms with E-state index in [0.717, 1.165) is 107 Å². The number of alkyl halides is 3. The molecule has 2 aliphatic heterocycles. The van der Waals surface area contributed by atoms with Gasteiger partial charge in [-0.05, 0) is 62.1 Å². The van der Waals surface area contributed by atoms with Crippen molar-refractivity contribution >= 4 is 38.3 Å². The second-order valence-corrected chi connectivity index (χ2v) is 13.5. The number of halogens is 3. The largest absolute Gasteiger partial charge is 0.393 e. The number of piperidine rings is 1. The van der Waals surface area contributed by atoms with Crippen molar-refractivity contribution in [3.63, 3.8) is 0 Å². The number of thiophene rings is 1. The molecule has 4 aromatic rings. The fourth-order valence-corrected chi connectivity index (χ4v) is 7.73. The molecule has 2 aliphatic rings. The summed E-state index contributed by atoms with van der Waals surface area (Å²) in [5.41, 5.74) is 4.26. The first-order valence-corrected chi connectivity index (χ1v) is 17.0. The topological polar surface area (TPSA) is 76.2 Å². The van der Waals surface area contributed by atoms with E-state index in [1.165, 1.54) is 17.6 Å². The number of allylic oxidation sites excluding steroid dienone is 1. The van der Waals surface area contributed by atoms with Crippen molar-refractivity contribution in [3.05, 3.63) is 65.1 Å². The number of anilines is 1. The summed E-state index contributed by atoms with van der Waals surface area (Å²) in [6.45, 7) is 15.0. The third-order valence-corrected chi connectivity index (χ3v) is 10.3. The summed E-state index contributed by atoms with van der Waals surface area (Å²) < 4.78 is 40.9. The summed E-state index contributed by atoms with van der Waals surface area (Å²) >= 11 is 1.07. The van der Waals surface area contributed by atoms with Gasteiger partial charge in [0, 0.05) is 79.9 Å². The van der Waals surface area contributed by atoms with Gasteiger partial charge < -0.3 is 14.8 Å². The van der Waals surface area contributed by atoms with E-state index < -0.39 is 12.6 Å². The Morgan fingerprint density at radius 1 is 1.04 bits per heavy atom. The zero-order valence-corrected chi connectivity index (χ0v) is 27.1. The number of likely N-dealkylation sites (tertiary alicyclic amines) is 1. The average molecular weight is 651 g/mol. The van der Waals surface area contributed by atoms with Crippen LogP contribution in [0.4, 0.5) is 19.0 Å². The third kappa shape index (κ3) is 7.65. The number of hydrogen-bond donors (Lipinski definition) is 1. The highest BCUT2D eigenvalue weighted by atomic mass is 32.1. The average Bonchev–Trinajstić information content (AvgIpc) is 3.61. The van der Waals surface area contributed by atoms with E-state index in [9.17, 15) is 18.4 Å². The van der Waals surface area contributed by atoms with Gasteiger partial charge in [-0.1, -0.05) is 19.6 Å². The first kappa shape index (κ1) is 32.3. The Morgan fingerprint density at radius 3 is 2.54 bits per heavy atom. The minimum atomic E-state index is -4.25. The number of nitrogens with one attached hydrogen (secondary N) is 1. The monoisotopic (exact) mass is 650 g/mol. The van der Waals surface area contributed by atoms with Crippen LogP contribution in [0.25, 0.3) is 21.1 Å². The first-order valence-electron chi connectivity index (χ1n) is 16.2. The van der Waals surface area contributed by atoms with E-state index in [2.05, 4.69) is 72.3 Å². The number of nitriles is 1. The maximum atomic E-state index is 12.9. The molecule has 6 rings (SSSR count). The summed E-state index contributed by atoms with van der Waals surface area (Å²) in [7, 11) is 0. The fraction of sp³-hybridized carbons (Fsp3) is 0.500. The van der Waals surface area contributed by atoms with Crippen molar-refractivity contribution in [2.45, 2.75) is 64.3 Å². The fourth-order valence-electron chi connectivity index (χ4n) is 6.71. The van der Waals surface area contributed by atoms with E-state index in [-0.39, 0.29) is 10.9 Å². The van der Waals surface area contributed by atoms with Crippen molar-refractivity contribution in [2.24, 2.45) is 0 Å². The molecule has 0 aliphatic carbocycles. The molecular formula is C34H41F3N8S. The lowest BCUT2D eigenvalue weighted by molar-refractivity contribution is -0.126. The van der Waals surface area contributed by atoms with Gasteiger partial charge >= 0.3 is 6.18 Å². The van der Waals surface area contributed by atoms with Crippen molar-refractivity contribution in [3.8, 4) is 6.07 Å². The van der Waals surface area contributed by atoms with Crippen LogP contribution in [0.1, 0.15) is 48.7 Å². The number of piperazine rings is 1. The lowest BCUT2D eigenvalue weighted by atomic mass is 10.0. The number of aryl methyl sites for hydroxylation is 1. The molecule has 0 spiro atoms. The third-order valence-electron chi connectivity index (χ3n) is 9.25. The molecule has 2 fully saturated rings. The van der Waals surface area contributed by atoms with Crippen molar-refractivity contribution in [1.82, 2.24) is 29.2 Å². The Hall–Kier alpha value is -3.66. The minimum Gasteiger partial charge on any atom is -0.373 e. The molecule has 1 aromatic carbocycles. The summed E-state index contributed by atoms with van der Waals surface area (Å²) in [6.07, 6.45) is 0.0367. The summed E-state index contributed by atoms with van der Waals surface area (Å²) in [4.78, 5) is 16.7. The zero-order valence-electron chi connectivity index (χ0n) is 26.3. The lowest BCUT2D eigenvalue weighted by Gasteiger charge is -2.36. The SMILES string of the molecule is C=C(CC)N1CCN(CCCn2c(C#N)cc3cc(CN4CCC(Nc5ncnc6sc(CC(F)(F)F)cc56)CC4)ccc32)CC1. The highest BCUT2D eigenvalue weighted by molar-refractivity contribution is 7.18. The normalized spacial score (nSPS) is 17.2. The molecule has 0 radical (unpaired) electrons. The van der Waals surface area contributed by atoms with Crippen molar-refractivity contribution in [2.75, 3.05) is 51.1 Å². The Labute approximate surface area is 272 Å². The summed E-state index contributed by atoms with van der Waals surface area (Å²) in [5, 5.41) is 15.1. The molecule has 0 saturated carbocycles. The Kier molecular flexibility index (Phi) is 9.82. The standard InChI is InChI=1S/C34H41F3N8S/c1-3-24(2)44-15-13-42(14-16-44)9-4-10-45-28(21-38)18-26-17-25(5-6-31(26)45)22-43-11-7-27(8-12-43)41-32-30-19-29(20-34(35,36)37)46-33(30)40-23-39-32/h5-6,17-19,23,27H,2-4,7-16,20,22H2,1H3,(H,39,40,41). The molecule has 0 unspecified atom stereocenters. The van der Waals surface area contributed by atoms with Gasteiger partial charge in [-0.3, -0.25) is 9.80 Å². The van der Waals surface area contributed by atoms with Gasteiger partial charge in [-0.15, -0.1) is 11.3 Å². The maximum absolute atomic E-state index is 12.9. The Balaban J connectivity index is 1.01. The highest BCUT2D eigenvalue weighted by Crippen LogP contribution is 2.33. The number of aromatic nitrogens is 3. The van der Waals surface area contributed by atoms with Gasteiger partial charge in [0.1, 0.15) is 28.7 Å². The second kappa shape index (κ2) is 14.0. The van der Waals surface area contributed by atoms with Crippen LogP contribution >= 0.6 is 11.3 Å². The quantitative estimate of drug-likeness (QED) is 0.195. The van der Waals surface area contributed by atoms with Gasteiger partial charge in [0.25, 0.3) is 0 Å². The minimum absolute atomic E-state index is 0.190. The summed E-state index contributed by atoms with van der Waals surface area (Å²) in [5.74, 6) is 0.609. The van der Waals surface area contributed by atoms with Crippen molar-refractivity contribution in [1.29, 1.82) is 5.26 Å². The molecule has 0 bridgehead atoms. The van der Waals surface area contributed by atoms with Crippen LogP contribution in [0, 0.1) is 11.3 Å². The van der Waals surface area contributed by atoms with Crippen molar-refractivity contribution < 1.29 is 13.2 Å². The van der Waals surface area contributed by atoms with Gasteiger partial charge in [-0.2, -0.15) is 18.4 Å². The second-order valence-electron chi connectivity index (χ2n) is 12.4. The molecule has 2 saturated heterocycles. The van der Waals surface area contributed by atoms with Crippen LogP contribution in [0.3, 0.4) is 0 Å². The first-order chi connectivity index (χ1) is 22.2. The molecule has 244 valence electrons. The van der Waals surface area contributed by atoms with Crippen LogP contribution in [-0.2, 0) is 19.5 Å². The van der Waals surface area contributed by atoms with Gasteiger partial charge in [0.05, 0.1) is 11.8 Å². The van der Waals surface area contributed by atoms with E-state index in [1.807, 2.05) is 6.07 Å². The number of fused-ring (bicyclic) bond motifs is 2. The number of rotatable bonds is 11. The molecule has 0 amide bonds. The predicted molar refractivity (Wildman–Crippen MR) is 178 cm³/mol. The summed E-state index contributed by atoms with van der Waals surface area (Å²) in [6, 6.07) is 12.7. The van der Waals surface area contributed by atoms with E-state index >= 15 is 0 Å². The smallest absolute Gasteiger partial charge is 0.373 e. The van der Waals surface area contributed by atoms with Crippen LogP contribution in [0.2, 0.25) is 0 Å². The molecule has 8 nitrogen and oxygen atoms in total. The highest BCUT2D eigenvalue weighted by Gasteiger charge is 2.29. The molecule has 3 aromatic heterocycles. The number of nitrogens with zero attached hydrogens (tertiary/aromatic N) is 7. The number of benzene rings is 1. The van der Waals surface area contributed by atoms with E-state index in [1.54, 1.807) is 6.07 Å². The molecular weight excluding hydrogens is 609 g/mol. The van der Waals surface area contributed by atoms with Crippen LogP contribution in [0.5, 0.6) is 0 Å². The Bertz CT molecular complexity index is 1710. The van der Waals surface area contributed by atoms with E-state index in [0.29, 0.717) is 21.7 Å². The molecule has 46 heavy (non-hydrogen) atoms. The maximum Gasteiger partial charge on any atom is 0.393 e. The number of hydrogen-bond acceptors (Lipinski definition) is 8. The van der Waals surface area contributed by atoms with Crippen LogP contribution < -0.4 is 5.32 Å². The zero-order chi connectivity index (χ0) is 32.3. The van der Waals surface area contributed by atoms with Crippen LogP contribution in [0.15, 0.2) is 48.9 Å². The molecule has 1 N–H and O–H groups in total. The molecule has 12 heteroatoms. The molecule has 0 atom stereocenters. The predicted octanol–water partition coefficient (Wildman–Crippen LogP) is 6.63. The van der Waals surface area contributed by atoms with Gasteiger partial charge in [-0.25, -0.2) is 9.97 Å². The Morgan fingerprint density at radius 2 is 1.83 bits per heavy atom. The van der Waals surface area contributed by atoms with E-state index in [4.69, 9.17) is 0 Å². The van der Waals surface area contributed by atoms with Gasteiger partial charge in [0.2, 0.25) is 0 Å². The van der Waals surface area contributed by atoms with Gasteiger partial charge in [0.15, 0.2) is 0 Å². The van der Waals surface area contributed by atoms with Crippen LogP contribution in [-0.4, -0.2) is 87.3 Å². The lowest BCUT2D eigenvalue weighted by Crippen LogP contribution is -2.45.